The van der Waals surface area contributed by atoms with E-state index in [0.29, 0.717) is 17.1 Å². The monoisotopic (exact) mass is 313 g/mol. The number of fused-ring (bicyclic) bond motifs is 1. The molecule has 0 radical (unpaired) electrons. The van der Waals surface area contributed by atoms with Gasteiger partial charge in [0.05, 0.1) is 13.7 Å². The molecule has 0 bridgehead atoms. The zero-order valence-corrected chi connectivity index (χ0v) is 12.5. The van der Waals surface area contributed by atoms with Gasteiger partial charge in [-0.2, -0.15) is 0 Å². The Morgan fingerprint density at radius 3 is 3.00 bits per heavy atom. The van der Waals surface area contributed by atoms with Crippen molar-refractivity contribution < 1.29 is 19.1 Å². The maximum Gasteiger partial charge on any atom is 0.266 e. The molecule has 3 rings (SSSR count). The van der Waals surface area contributed by atoms with Gasteiger partial charge in [0.25, 0.3) is 5.91 Å². The van der Waals surface area contributed by atoms with Crippen LogP contribution in [0.5, 0.6) is 11.5 Å². The molecule has 2 heterocycles. The van der Waals surface area contributed by atoms with Gasteiger partial charge in [0, 0.05) is 5.56 Å². The fraction of sp³-hybridized carbons (Fsp3) is 0.188. The molecule has 23 heavy (non-hydrogen) atoms. The van der Waals surface area contributed by atoms with Crippen LogP contribution in [0.25, 0.3) is 0 Å². The number of nitrogen functional groups attached to an aromatic ring is 1. The lowest BCUT2D eigenvalue weighted by atomic mass is 10.1. The number of Topliss-reactive ketones (excluding diaryl/α,β-unsaturated/α-hetero) is 1. The summed E-state index contributed by atoms with van der Waals surface area (Å²) >= 11 is 0. The Bertz CT molecular complexity index is 776. The van der Waals surface area contributed by atoms with Gasteiger partial charge in [0.15, 0.2) is 24.0 Å². The van der Waals surface area contributed by atoms with E-state index in [4.69, 9.17) is 15.2 Å². The number of ketones is 1. The van der Waals surface area contributed by atoms with Gasteiger partial charge in [-0.05, 0) is 24.3 Å². The molecule has 0 aliphatic carbocycles. The van der Waals surface area contributed by atoms with Crippen molar-refractivity contribution in [3.05, 3.63) is 42.0 Å². The largest absolute Gasteiger partial charge is 0.497 e. The fourth-order valence-corrected chi connectivity index (χ4v) is 2.29. The molecule has 1 aromatic carbocycles. The number of hydrogen-bond acceptors (Lipinski definition) is 6. The summed E-state index contributed by atoms with van der Waals surface area (Å²) in [4.78, 5) is 30.0. The minimum atomic E-state index is -0.341. The molecule has 0 spiro atoms. The second-order valence-electron chi connectivity index (χ2n) is 4.98. The second kappa shape index (κ2) is 5.96. The molecule has 2 N–H and O–H groups in total. The van der Waals surface area contributed by atoms with Crippen LogP contribution in [-0.2, 0) is 4.79 Å². The molecular formula is C16H15N3O4. The first kappa shape index (κ1) is 14.8. The molecule has 7 nitrogen and oxygen atoms in total. The van der Waals surface area contributed by atoms with E-state index in [0.717, 1.165) is 0 Å². The van der Waals surface area contributed by atoms with E-state index in [1.165, 1.54) is 12.0 Å². The summed E-state index contributed by atoms with van der Waals surface area (Å²) in [6.45, 7) is -0.275. The number of carbonyl (C=O) groups is 2. The first-order valence-electron chi connectivity index (χ1n) is 6.95. The van der Waals surface area contributed by atoms with Crippen molar-refractivity contribution in [3.8, 4) is 11.5 Å². The Morgan fingerprint density at radius 1 is 1.39 bits per heavy atom. The Hall–Kier alpha value is -3.09. The van der Waals surface area contributed by atoms with Crippen LogP contribution in [0.2, 0.25) is 0 Å². The summed E-state index contributed by atoms with van der Waals surface area (Å²) in [5.74, 6) is 0.948. The zero-order chi connectivity index (χ0) is 16.4. The van der Waals surface area contributed by atoms with Gasteiger partial charge in [-0.3, -0.25) is 14.5 Å². The lowest BCUT2D eigenvalue weighted by molar-refractivity contribution is -0.121. The number of ether oxygens (including phenoxy) is 2. The number of hydrogen-bond donors (Lipinski definition) is 1. The van der Waals surface area contributed by atoms with Gasteiger partial charge in [-0.15, -0.1) is 0 Å². The molecule has 0 saturated carbocycles. The van der Waals surface area contributed by atoms with Crippen LogP contribution >= 0.6 is 0 Å². The topological polar surface area (TPSA) is 94.8 Å². The number of benzene rings is 1. The minimum Gasteiger partial charge on any atom is -0.497 e. The molecule has 118 valence electrons. The predicted octanol–water partition coefficient (Wildman–Crippen LogP) is 1.28. The summed E-state index contributed by atoms with van der Waals surface area (Å²) in [5, 5.41) is 0. The highest BCUT2D eigenvalue weighted by atomic mass is 16.5. The Morgan fingerprint density at radius 2 is 2.22 bits per heavy atom. The molecule has 1 aliphatic rings. The van der Waals surface area contributed by atoms with E-state index in [9.17, 15) is 9.59 Å². The number of pyridine rings is 1. The molecule has 0 fully saturated rings. The van der Waals surface area contributed by atoms with Crippen LogP contribution in [-0.4, -0.2) is 36.9 Å². The third kappa shape index (κ3) is 2.94. The average molecular weight is 313 g/mol. The summed E-state index contributed by atoms with van der Waals surface area (Å²) in [6.07, 6.45) is 0. The third-order valence-electron chi connectivity index (χ3n) is 3.46. The van der Waals surface area contributed by atoms with Crippen LogP contribution in [0.4, 0.5) is 11.6 Å². The number of carbonyl (C=O) groups excluding carboxylic acids is 2. The van der Waals surface area contributed by atoms with Crippen molar-refractivity contribution in [3.63, 3.8) is 0 Å². The number of anilines is 2. The van der Waals surface area contributed by atoms with Gasteiger partial charge in [-0.25, -0.2) is 4.98 Å². The predicted molar refractivity (Wildman–Crippen MR) is 83.8 cm³/mol. The number of amides is 1. The molecule has 0 atom stereocenters. The SMILES string of the molecule is COc1cccc(C(=O)CN2C(=O)COc3ccc(N)nc32)c1. The quantitative estimate of drug-likeness (QED) is 0.854. The number of nitrogens with zero attached hydrogens (tertiary/aromatic N) is 2. The highest BCUT2D eigenvalue weighted by Crippen LogP contribution is 2.30. The second-order valence-corrected chi connectivity index (χ2v) is 4.98. The standard InChI is InChI=1S/C16H15N3O4/c1-22-11-4-2-3-10(7-11)12(20)8-19-15(21)9-23-13-5-6-14(17)18-16(13)19/h2-7H,8-9H2,1H3,(H2,17,18). The van der Waals surface area contributed by atoms with Crippen molar-refractivity contribution in [2.24, 2.45) is 0 Å². The van der Waals surface area contributed by atoms with Gasteiger partial charge in [0.2, 0.25) is 0 Å². The lowest BCUT2D eigenvalue weighted by Crippen LogP contribution is -2.42. The fourth-order valence-electron chi connectivity index (χ4n) is 2.29. The van der Waals surface area contributed by atoms with Crippen LogP contribution in [0, 0.1) is 0 Å². The van der Waals surface area contributed by atoms with Crippen LogP contribution in [0.15, 0.2) is 36.4 Å². The molecular weight excluding hydrogens is 298 g/mol. The van der Waals surface area contributed by atoms with Gasteiger partial charge < -0.3 is 15.2 Å². The first-order valence-corrected chi connectivity index (χ1v) is 6.95. The summed E-state index contributed by atoms with van der Waals surface area (Å²) < 4.78 is 10.4. The molecule has 0 saturated heterocycles. The maximum absolute atomic E-state index is 12.5. The van der Waals surface area contributed by atoms with Crippen molar-refractivity contribution in [1.82, 2.24) is 4.98 Å². The van der Waals surface area contributed by atoms with E-state index >= 15 is 0 Å². The number of methoxy groups -OCH3 is 1. The number of aromatic nitrogens is 1. The normalized spacial score (nSPS) is 13.3. The Kier molecular flexibility index (Phi) is 3.84. The van der Waals surface area contributed by atoms with E-state index in [-0.39, 0.29) is 36.5 Å². The van der Waals surface area contributed by atoms with E-state index in [1.807, 2.05) is 0 Å². The highest BCUT2D eigenvalue weighted by Gasteiger charge is 2.29. The zero-order valence-electron chi connectivity index (χ0n) is 12.5. The molecule has 1 aliphatic heterocycles. The number of nitrogens with two attached hydrogens (primary N) is 1. The molecule has 1 amide bonds. The minimum absolute atomic E-state index is 0.135. The third-order valence-corrected chi connectivity index (χ3v) is 3.46. The maximum atomic E-state index is 12.5. The molecule has 1 aromatic heterocycles. The molecule has 2 aromatic rings. The summed E-state index contributed by atoms with van der Waals surface area (Å²) in [5.41, 5.74) is 6.12. The molecule has 7 heteroatoms. The van der Waals surface area contributed by atoms with Gasteiger partial charge in [-0.1, -0.05) is 12.1 Å². The van der Waals surface area contributed by atoms with Crippen molar-refractivity contribution in [1.29, 1.82) is 0 Å². The lowest BCUT2D eigenvalue weighted by Gasteiger charge is -2.27. The highest BCUT2D eigenvalue weighted by molar-refractivity contribution is 6.06. The van der Waals surface area contributed by atoms with Crippen LogP contribution < -0.4 is 20.1 Å². The average Bonchev–Trinajstić information content (AvgIpc) is 2.57. The number of rotatable bonds is 4. The van der Waals surface area contributed by atoms with E-state index in [2.05, 4.69) is 4.98 Å². The smallest absolute Gasteiger partial charge is 0.266 e. The van der Waals surface area contributed by atoms with E-state index < -0.39 is 0 Å². The van der Waals surface area contributed by atoms with Crippen LogP contribution in [0.1, 0.15) is 10.4 Å². The first-order chi connectivity index (χ1) is 11.1. The Labute approximate surface area is 132 Å². The van der Waals surface area contributed by atoms with Crippen molar-refractivity contribution >= 4 is 23.3 Å². The van der Waals surface area contributed by atoms with Crippen molar-refractivity contribution in [2.75, 3.05) is 30.9 Å². The van der Waals surface area contributed by atoms with Gasteiger partial charge >= 0.3 is 0 Å². The Balaban J connectivity index is 1.88. The van der Waals surface area contributed by atoms with Gasteiger partial charge in [0.1, 0.15) is 11.6 Å². The van der Waals surface area contributed by atoms with Crippen LogP contribution in [0.3, 0.4) is 0 Å². The summed E-state index contributed by atoms with van der Waals surface area (Å²) in [7, 11) is 1.53. The van der Waals surface area contributed by atoms with E-state index in [1.54, 1.807) is 36.4 Å². The van der Waals surface area contributed by atoms with Crippen molar-refractivity contribution in [2.45, 2.75) is 0 Å². The summed E-state index contributed by atoms with van der Waals surface area (Å²) in [6, 6.07) is 9.97. The molecule has 0 unspecified atom stereocenters.